The van der Waals surface area contributed by atoms with Gasteiger partial charge in [-0.3, -0.25) is 4.79 Å². The Morgan fingerprint density at radius 1 is 1.23 bits per heavy atom. The number of aryl methyl sites for hydroxylation is 1. The number of rotatable bonds is 9. The molecule has 0 bridgehead atoms. The minimum Gasteiger partial charge on any atom is -0.481 e. The molecule has 1 unspecified atom stereocenters. The zero-order valence-electron chi connectivity index (χ0n) is 21.5. The van der Waals surface area contributed by atoms with E-state index in [0.29, 0.717) is 24.1 Å². The molecule has 0 aromatic carbocycles. The molecule has 0 spiro atoms. The van der Waals surface area contributed by atoms with Crippen LogP contribution in [0.1, 0.15) is 82.0 Å². The Hall–Kier alpha value is -2.89. The topological polar surface area (TPSA) is 73.3 Å². The monoisotopic (exact) mass is 477 g/mol. The van der Waals surface area contributed by atoms with Crippen molar-refractivity contribution in [1.29, 1.82) is 0 Å². The van der Waals surface area contributed by atoms with Crippen molar-refractivity contribution in [2.75, 3.05) is 19.0 Å². The van der Waals surface area contributed by atoms with E-state index in [9.17, 15) is 4.79 Å². The number of anilines is 1. The molecule has 1 aliphatic heterocycles. The lowest BCUT2D eigenvalue weighted by Gasteiger charge is -2.40. The Kier molecular flexibility index (Phi) is 8.09. The molecule has 0 amide bonds. The van der Waals surface area contributed by atoms with Crippen molar-refractivity contribution in [3.05, 3.63) is 53.4 Å². The van der Waals surface area contributed by atoms with Gasteiger partial charge < -0.3 is 14.8 Å². The number of carbonyl (C=O) groups excluding carboxylic acids is 1. The number of carbonyl (C=O) groups is 1. The van der Waals surface area contributed by atoms with Crippen LogP contribution in [-0.4, -0.2) is 35.2 Å². The summed E-state index contributed by atoms with van der Waals surface area (Å²) in [6.45, 7) is 6.76. The number of hydrogen-bond donors (Lipinski definition) is 1. The van der Waals surface area contributed by atoms with E-state index in [0.717, 1.165) is 55.7 Å². The molecule has 1 atom stereocenters. The number of allylic oxidation sites excluding steroid dienone is 1. The molecule has 35 heavy (non-hydrogen) atoms. The first-order chi connectivity index (χ1) is 16.8. The van der Waals surface area contributed by atoms with Crippen LogP contribution in [0.25, 0.3) is 6.08 Å². The molecule has 2 aromatic rings. The Bertz CT molecular complexity index is 1020. The van der Waals surface area contributed by atoms with Gasteiger partial charge in [-0.25, -0.2) is 9.97 Å². The minimum absolute atomic E-state index is 0.127. The van der Waals surface area contributed by atoms with E-state index >= 15 is 0 Å². The van der Waals surface area contributed by atoms with E-state index in [-0.39, 0.29) is 11.9 Å². The van der Waals surface area contributed by atoms with Gasteiger partial charge in [0, 0.05) is 18.8 Å². The number of pyridine rings is 2. The highest BCUT2D eigenvalue weighted by atomic mass is 16.6. The Morgan fingerprint density at radius 2 is 2.06 bits per heavy atom. The standard InChI is InChI=1S/C29H39N3O3/c1-29(2,3)35-27(33)18-25(22-12-14-26(34-4)31-19-22)23-16-20(17-23)8-5-6-10-24-13-11-21-9-7-15-30-28(21)32-24/h6,10-14,19-20,23,25H,5,7-9,15-18H2,1-4H3,(H,30,32)/b10-6+. The fourth-order valence-electron chi connectivity index (χ4n) is 5.18. The van der Waals surface area contributed by atoms with E-state index in [4.69, 9.17) is 14.5 Å². The number of nitrogens with zero attached hydrogens (tertiary/aromatic N) is 2. The lowest BCUT2D eigenvalue weighted by molar-refractivity contribution is -0.156. The molecule has 3 heterocycles. The third-order valence-electron chi connectivity index (χ3n) is 6.99. The quantitative estimate of drug-likeness (QED) is 0.435. The number of fused-ring (bicyclic) bond motifs is 1. The highest BCUT2D eigenvalue weighted by Crippen LogP contribution is 2.47. The summed E-state index contributed by atoms with van der Waals surface area (Å²) in [7, 11) is 1.61. The maximum absolute atomic E-state index is 12.6. The van der Waals surface area contributed by atoms with Crippen molar-refractivity contribution in [2.24, 2.45) is 11.8 Å². The van der Waals surface area contributed by atoms with Crippen LogP contribution < -0.4 is 10.1 Å². The van der Waals surface area contributed by atoms with Crippen LogP contribution in [0.3, 0.4) is 0 Å². The number of esters is 1. The smallest absolute Gasteiger partial charge is 0.306 e. The van der Waals surface area contributed by atoms with Crippen LogP contribution in [0.4, 0.5) is 5.82 Å². The van der Waals surface area contributed by atoms with Crippen molar-refractivity contribution >= 4 is 17.9 Å². The first-order valence-corrected chi connectivity index (χ1v) is 12.9. The van der Waals surface area contributed by atoms with Gasteiger partial charge in [-0.2, -0.15) is 0 Å². The summed E-state index contributed by atoms with van der Waals surface area (Å²) >= 11 is 0. The number of aromatic nitrogens is 2. The van der Waals surface area contributed by atoms with Crippen molar-refractivity contribution < 1.29 is 14.3 Å². The summed E-state index contributed by atoms with van der Waals surface area (Å²) in [4.78, 5) is 21.8. The van der Waals surface area contributed by atoms with Crippen molar-refractivity contribution in [3.8, 4) is 5.88 Å². The van der Waals surface area contributed by atoms with Gasteiger partial charge in [-0.05, 0) is 100 Å². The van der Waals surface area contributed by atoms with E-state index < -0.39 is 5.60 Å². The van der Waals surface area contributed by atoms with Crippen molar-refractivity contribution in [3.63, 3.8) is 0 Å². The maximum atomic E-state index is 12.6. The summed E-state index contributed by atoms with van der Waals surface area (Å²) < 4.78 is 10.8. The summed E-state index contributed by atoms with van der Waals surface area (Å²) in [5, 5.41) is 3.40. The largest absolute Gasteiger partial charge is 0.481 e. The predicted molar refractivity (Wildman–Crippen MR) is 140 cm³/mol. The van der Waals surface area contributed by atoms with Crippen LogP contribution in [0.5, 0.6) is 5.88 Å². The highest BCUT2D eigenvalue weighted by Gasteiger charge is 2.37. The zero-order valence-corrected chi connectivity index (χ0v) is 21.5. The average molecular weight is 478 g/mol. The summed E-state index contributed by atoms with van der Waals surface area (Å²) in [5.41, 5.74) is 2.96. The van der Waals surface area contributed by atoms with Crippen LogP contribution in [0.2, 0.25) is 0 Å². The van der Waals surface area contributed by atoms with E-state index in [1.807, 2.05) is 39.1 Å². The van der Waals surface area contributed by atoms with E-state index in [1.54, 1.807) is 7.11 Å². The lowest BCUT2D eigenvalue weighted by atomic mass is 9.65. The normalized spacial score (nSPS) is 20.5. The van der Waals surface area contributed by atoms with E-state index in [2.05, 4.69) is 34.6 Å². The molecule has 6 heteroatoms. The Morgan fingerprint density at radius 3 is 2.77 bits per heavy atom. The number of methoxy groups -OCH3 is 1. The first-order valence-electron chi connectivity index (χ1n) is 12.9. The van der Waals surface area contributed by atoms with Gasteiger partial charge in [0.2, 0.25) is 5.88 Å². The van der Waals surface area contributed by atoms with Gasteiger partial charge in [-0.15, -0.1) is 0 Å². The number of nitrogens with one attached hydrogen (secondary N) is 1. The summed E-state index contributed by atoms with van der Waals surface area (Å²) in [6.07, 6.45) is 13.4. The molecule has 4 rings (SSSR count). The molecule has 2 aromatic heterocycles. The number of hydrogen-bond acceptors (Lipinski definition) is 6. The van der Waals surface area contributed by atoms with Crippen LogP contribution in [-0.2, 0) is 16.0 Å². The van der Waals surface area contributed by atoms with Gasteiger partial charge in [0.1, 0.15) is 11.4 Å². The first kappa shape index (κ1) is 25.2. The van der Waals surface area contributed by atoms with E-state index in [1.165, 1.54) is 12.0 Å². The summed E-state index contributed by atoms with van der Waals surface area (Å²) in [6, 6.07) is 8.23. The minimum atomic E-state index is -0.475. The highest BCUT2D eigenvalue weighted by molar-refractivity contribution is 5.71. The third kappa shape index (κ3) is 7.06. The lowest BCUT2D eigenvalue weighted by Crippen LogP contribution is -2.32. The van der Waals surface area contributed by atoms with Gasteiger partial charge >= 0.3 is 5.97 Å². The van der Waals surface area contributed by atoms with Gasteiger partial charge in [0.05, 0.1) is 19.2 Å². The molecule has 1 aliphatic carbocycles. The second-order valence-electron chi connectivity index (χ2n) is 10.9. The van der Waals surface area contributed by atoms with Crippen molar-refractivity contribution in [2.45, 2.75) is 77.2 Å². The fraction of sp³-hybridized carbons (Fsp3) is 0.552. The molecule has 0 saturated heterocycles. The molecule has 188 valence electrons. The molecule has 1 N–H and O–H groups in total. The zero-order chi connectivity index (χ0) is 24.8. The molecular weight excluding hydrogens is 438 g/mol. The second-order valence-corrected chi connectivity index (χ2v) is 10.9. The summed E-state index contributed by atoms with van der Waals surface area (Å²) in [5.74, 6) is 2.78. The Labute approximate surface area is 209 Å². The maximum Gasteiger partial charge on any atom is 0.306 e. The second kappa shape index (κ2) is 11.2. The van der Waals surface area contributed by atoms with Gasteiger partial charge in [-0.1, -0.05) is 18.2 Å². The average Bonchev–Trinajstić information content (AvgIpc) is 2.80. The third-order valence-corrected chi connectivity index (χ3v) is 6.99. The predicted octanol–water partition coefficient (Wildman–Crippen LogP) is 6.18. The van der Waals surface area contributed by atoms with Gasteiger partial charge in [0.25, 0.3) is 0 Å². The van der Waals surface area contributed by atoms with Crippen LogP contribution in [0.15, 0.2) is 36.5 Å². The Balaban J connectivity index is 1.30. The van der Waals surface area contributed by atoms with Crippen LogP contribution >= 0.6 is 0 Å². The molecule has 0 radical (unpaired) electrons. The number of ether oxygens (including phenoxy) is 2. The SMILES string of the molecule is COc1ccc(C(CC(=O)OC(C)(C)C)C2CC(CC/C=C/c3ccc4c(n3)NCCC4)C2)cn1. The van der Waals surface area contributed by atoms with Crippen molar-refractivity contribution in [1.82, 2.24) is 9.97 Å². The van der Waals surface area contributed by atoms with Crippen LogP contribution in [0, 0.1) is 11.8 Å². The fourth-order valence-corrected chi connectivity index (χ4v) is 5.18. The molecule has 1 fully saturated rings. The molecule has 6 nitrogen and oxygen atoms in total. The molecule has 1 saturated carbocycles. The molecule has 2 aliphatic rings. The molecular formula is C29H39N3O3. The van der Waals surface area contributed by atoms with Gasteiger partial charge in [0.15, 0.2) is 0 Å².